The molecule has 0 N–H and O–H groups in total. The van der Waals surface area contributed by atoms with Crippen LogP contribution in [0.2, 0.25) is 13.1 Å². The van der Waals surface area contributed by atoms with Crippen molar-refractivity contribution in [3.63, 3.8) is 0 Å². The number of benzene rings is 4. The molecule has 1 unspecified atom stereocenters. The van der Waals surface area contributed by atoms with Gasteiger partial charge in [0.15, 0.2) is 7.38 Å². The number of fused-ring (bicyclic) bond motifs is 4. The maximum absolute atomic E-state index is 7.07. The van der Waals surface area contributed by atoms with Crippen molar-refractivity contribution in [1.82, 2.24) is 0 Å². The van der Waals surface area contributed by atoms with Crippen molar-refractivity contribution in [2.75, 3.05) is 0 Å². The SMILES string of the molecule is CCCC1=Cc2c(-c3cc4ccccc4c4ccccc34)cccc2C1[Si](C)(C)Cl. The van der Waals surface area contributed by atoms with Crippen LogP contribution in [0.5, 0.6) is 0 Å². The second-order valence-corrected chi connectivity index (χ2v) is 15.6. The molecule has 0 bridgehead atoms. The van der Waals surface area contributed by atoms with E-state index < -0.39 is 7.38 Å². The molecule has 0 radical (unpaired) electrons. The first-order chi connectivity index (χ1) is 14.5. The summed E-state index contributed by atoms with van der Waals surface area (Å²) < 4.78 is 0. The zero-order valence-corrected chi connectivity index (χ0v) is 19.6. The largest absolute Gasteiger partial charge is 0.167 e. The highest BCUT2D eigenvalue weighted by molar-refractivity contribution is 7.20. The van der Waals surface area contributed by atoms with Gasteiger partial charge in [-0.2, -0.15) is 11.1 Å². The molecule has 5 rings (SSSR count). The third-order valence-corrected chi connectivity index (χ3v) is 9.14. The van der Waals surface area contributed by atoms with Crippen molar-refractivity contribution >= 4 is 46.1 Å². The molecule has 0 nitrogen and oxygen atoms in total. The topological polar surface area (TPSA) is 0 Å². The summed E-state index contributed by atoms with van der Waals surface area (Å²) in [6.07, 6.45) is 4.74. The van der Waals surface area contributed by atoms with E-state index in [9.17, 15) is 0 Å². The summed E-state index contributed by atoms with van der Waals surface area (Å²) in [6, 6.07) is 26.7. The summed E-state index contributed by atoms with van der Waals surface area (Å²) >= 11 is 7.07. The minimum absolute atomic E-state index is 0.404. The van der Waals surface area contributed by atoms with Crippen LogP contribution in [0, 0.1) is 0 Å². The summed E-state index contributed by atoms with van der Waals surface area (Å²) in [6.45, 7) is 6.84. The van der Waals surface area contributed by atoms with Gasteiger partial charge in [-0.05, 0) is 56.3 Å². The van der Waals surface area contributed by atoms with Gasteiger partial charge in [0.1, 0.15) is 0 Å². The quantitative estimate of drug-likeness (QED) is 0.173. The highest BCUT2D eigenvalue weighted by Crippen LogP contribution is 2.49. The van der Waals surface area contributed by atoms with E-state index in [1.54, 1.807) is 0 Å². The number of rotatable bonds is 4. The Morgan fingerprint density at radius 2 is 1.50 bits per heavy atom. The normalized spacial score (nSPS) is 16.1. The first-order valence-corrected chi connectivity index (χ1v) is 15.0. The monoisotopic (exact) mass is 426 g/mol. The predicted molar refractivity (Wildman–Crippen MR) is 136 cm³/mol. The van der Waals surface area contributed by atoms with Crippen LogP contribution in [-0.2, 0) is 0 Å². The Balaban J connectivity index is 1.82. The molecule has 0 amide bonds. The van der Waals surface area contributed by atoms with E-state index in [-0.39, 0.29) is 0 Å². The second-order valence-electron chi connectivity index (χ2n) is 8.97. The molecule has 4 aromatic rings. The molecule has 0 heterocycles. The van der Waals surface area contributed by atoms with E-state index in [1.165, 1.54) is 49.4 Å². The molecule has 1 aliphatic rings. The highest BCUT2D eigenvalue weighted by atomic mass is 35.6. The Morgan fingerprint density at radius 1 is 0.800 bits per heavy atom. The Hall–Kier alpha value is -2.35. The van der Waals surface area contributed by atoms with Gasteiger partial charge in [-0.3, -0.25) is 0 Å². The maximum atomic E-state index is 7.07. The lowest BCUT2D eigenvalue weighted by molar-refractivity contribution is 0.866. The lowest BCUT2D eigenvalue weighted by Gasteiger charge is -2.27. The molecular weight excluding hydrogens is 400 g/mol. The molecule has 1 atom stereocenters. The lowest BCUT2D eigenvalue weighted by atomic mass is 9.90. The van der Waals surface area contributed by atoms with Crippen LogP contribution >= 0.6 is 11.1 Å². The van der Waals surface area contributed by atoms with Gasteiger partial charge in [-0.25, -0.2) is 0 Å². The maximum Gasteiger partial charge on any atom is 0.161 e. The number of hydrogen-bond acceptors (Lipinski definition) is 0. The molecule has 1 aliphatic carbocycles. The van der Waals surface area contributed by atoms with Crippen molar-refractivity contribution in [3.8, 4) is 11.1 Å². The molecule has 2 heteroatoms. The van der Waals surface area contributed by atoms with E-state index in [0.717, 1.165) is 12.8 Å². The van der Waals surface area contributed by atoms with Crippen molar-refractivity contribution in [1.29, 1.82) is 0 Å². The van der Waals surface area contributed by atoms with Crippen molar-refractivity contribution in [3.05, 3.63) is 89.5 Å². The van der Waals surface area contributed by atoms with Crippen LogP contribution in [0.25, 0.3) is 38.7 Å². The number of allylic oxidation sites excluding steroid dienone is 1. The average molecular weight is 427 g/mol. The Labute approximate surface area is 184 Å². The minimum atomic E-state index is -1.89. The zero-order chi connectivity index (χ0) is 20.9. The van der Waals surface area contributed by atoms with Crippen molar-refractivity contribution in [2.45, 2.75) is 38.4 Å². The van der Waals surface area contributed by atoms with Crippen molar-refractivity contribution in [2.24, 2.45) is 0 Å². The first kappa shape index (κ1) is 19.6. The second kappa shape index (κ2) is 7.41. The molecule has 150 valence electrons. The molecule has 4 aromatic carbocycles. The molecule has 0 fully saturated rings. The summed E-state index contributed by atoms with van der Waals surface area (Å²) in [5.74, 6) is 0. The fourth-order valence-electron chi connectivity index (χ4n) is 5.29. The smallest absolute Gasteiger partial charge is 0.161 e. The van der Waals surface area contributed by atoms with E-state index >= 15 is 0 Å². The van der Waals surface area contributed by atoms with Crippen LogP contribution < -0.4 is 0 Å². The van der Waals surface area contributed by atoms with Crippen LogP contribution in [-0.4, -0.2) is 7.38 Å². The Morgan fingerprint density at radius 3 is 2.23 bits per heavy atom. The Kier molecular flexibility index (Phi) is 4.84. The van der Waals surface area contributed by atoms with Crippen molar-refractivity contribution < 1.29 is 0 Å². The van der Waals surface area contributed by atoms with Crippen LogP contribution in [0.4, 0.5) is 0 Å². The number of hydrogen-bond donors (Lipinski definition) is 0. The Bertz CT molecular complexity index is 1290. The molecule has 30 heavy (non-hydrogen) atoms. The standard InChI is InChI=1S/C28H27ClSi/c1-4-10-20-18-27-24(15-9-16-25(27)28(20)30(2,3)29)26-17-19-11-5-6-12-21(19)22-13-7-8-14-23(22)26/h5-9,11-18,28H,4,10H2,1-3H3. The summed E-state index contributed by atoms with van der Waals surface area (Å²) in [5, 5.41) is 5.26. The molecule has 0 aliphatic heterocycles. The molecule has 0 spiro atoms. The summed E-state index contributed by atoms with van der Waals surface area (Å²) in [5.41, 5.74) is 7.40. The van der Waals surface area contributed by atoms with Gasteiger partial charge in [0.05, 0.1) is 0 Å². The van der Waals surface area contributed by atoms with Crippen LogP contribution in [0.3, 0.4) is 0 Å². The molecule has 0 saturated heterocycles. The number of halogens is 1. The third-order valence-electron chi connectivity index (χ3n) is 6.43. The van der Waals surface area contributed by atoms with E-state index in [1.807, 2.05) is 0 Å². The average Bonchev–Trinajstić information content (AvgIpc) is 3.12. The van der Waals surface area contributed by atoms with Crippen LogP contribution in [0.15, 0.2) is 78.4 Å². The zero-order valence-electron chi connectivity index (χ0n) is 17.9. The molecular formula is C28H27ClSi. The van der Waals surface area contributed by atoms with E-state index in [2.05, 4.69) is 98.9 Å². The molecule has 0 aromatic heterocycles. The van der Waals surface area contributed by atoms with E-state index in [4.69, 9.17) is 11.1 Å². The fourth-order valence-corrected chi connectivity index (χ4v) is 8.17. The fraction of sp³-hybridized carbons (Fsp3) is 0.214. The summed E-state index contributed by atoms with van der Waals surface area (Å²) in [4.78, 5) is 0. The lowest BCUT2D eigenvalue weighted by Crippen LogP contribution is -2.28. The van der Waals surface area contributed by atoms with Crippen LogP contribution in [0.1, 0.15) is 36.4 Å². The van der Waals surface area contributed by atoms with Gasteiger partial charge in [0.25, 0.3) is 0 Å². The van der Waals surface area contributed by atoms with Gasteiger partial charge in [-0.1, -0.05) is 105 Å². The summed E-state index contributed by atoms with van der Waals surface area (Å²) in [7, 11) is -1.89. The van der Waals surface area contributed by atoms with Gasteiger partial charge < -0.3 is 0 Å². The van der Waals surface area contributed by atoms with E-state index in [0.29, 0.717) is 5.54 Å². The predicted octanol–water partition coefficient (Wildman–Crippen LogP) is 8.92. The van der Waals surface area contributed by atoms with Gasteiger partial charge in [0, 0.05) is 5.54 Å². The van der Waals surface area contributed by atoms with Gasteiger partial charge in [0.2, 0.25) is 0 Å². The van der Waals surface area contributed by atoms with Gasteiger partial charge >= 0.3 is 0 Å². The highest BCUT2D eigenvalue weighted by Gasteiger charge is 2.38. The minimum Gasteiger partial charge on any atom is -0.167 e. The first-order valence-electron chi connectivity index (χ1n) is 10.9. The third kappa shape index (κ3) is 3.12. The molecule has 0 saturated carbocycles. The van der Waals surface area contributed by atoms with Gasteiger partial charge in [-0.15, -0.1) is 0 Å².